The van der Waals surface area contributed by atoms with Gasteiger partial charge in [-0.25, -0.2) is 0 Å². The Morgan fingerprint density at radius 1 is 1.19 bits per heavy atom. The Hall–Kier alpha value is -2.94. The molecule has 0 bridgehead atoms. The molecule has 0 radical (unpaired) electrons. The number of amides is 1. The molecule has 2 fully saturated rings. The molecule has 7 nitrogen and oxygen atoms in total. The van der Waals surface area contributed by atoms with Crippen LogP contribution in [0.1, 0.15) is 61.6 Å². The lowest BCUT2D eigenvalue weighted by Gasteiger charge is -2.32. The zero-order chi connectivity index (χ0) is 25.1. The minimum Gasteiger partial charge on any atom is -0.375 e. The highest BCUT2D eigenvalue weighted by Gasteiger charge is 2.42. The molecule has 2 N–H and O–H groups in total. The lowest BCUT2D eigenvalue weighted by molar-refractivity contribution is -0.119. The van der Waals surface area contributed by atoms with E-state index in [0.717, 1.165) is 11.4 Å². The number of carbonyl (C=O) groups is 1. The number of nitrogens with one attached hydrogen (secondary N) is 2. The summed E-state index contributed by atoms with van der Waals surface area (Å²) in [5.41, 5.74) is 3.50. The van der Waals surface area contributed by atoms with Gasteiger partial charge in [0.15, 0.2) is 5.11 Å². The predicted molar refractivity (Wildman–Crippen MR) is 146 cm³/mol. The average molecular weight is 524 g/mol. The van der Waals surface area contributed by atoms with Crippen molar-refractivity contribution in [1.82, 2.24) is 14.9 Å². The predicted octanol–water partition coefficient (Wildman–Crippen LogP) is 5.80. The van der Waals surface area contributed by atoms with Crippen molar-refractivity contribution in [2.45, 2.75) is 50.2 Å². The van der Waals surface area contributed by atoms with Crippen LogP contribution in [0.3, 0.4) is 0 Å². The Balaban J connectivity index is 1.54. The second-order valence-corrected chi connectivity index (χ2v) is 10.1. The fourth-order valence-corrected chi connectivity index (χ4v) is 5.92. The topological polar surface area (TPSA) is 71.4 Å². The first kappa shape index (κ1) is 24.7. The largest absolute Gasteiger partial charge is 0.375 e. The second-order valence-electron chi connectivity index (χ2n) is 9.27. The summed E-state index contributed by atoms with van der Waals surface area (Å²) in [6.07, 6.45) is 10.2. The summed E-state index contributed by atoms with van der Waals surface area (Å²) >= 11 is 12.5. The van der Waals surface area contributed by atoms with Gasteiger partial charge >= 0.3 is 0 Å². The molecular formula is C27H30ClN5O2S. The number of thiocarbonyl (C=S) groups is 1. The van der Waals surface area contributed by atoms with Crippen LogP contribution in [-0.2, 0) is 9.53 Å². The molecule has 1 aromatic carbocycles. The molecule has 188 valence electrons. The quantitative estimate of drug-likeness (QED) is 0.381. The smallest absolute Gasteiger partial charge is 0.250 e. The first-order chi connectivity index (χ1) is 17.6. The molecule has 1 amide bonds. The lowest BCUT2D eigenvalue weighted by atomic mass is 9.94. The second kappa shape index (κ2) is 11.0. The van der Waals surface area contributed by atoms with E-state index in [4.69, 9.17) is 28.6 Å². The van der Waals surface area contributed by atoms with Crippen LogP contribution in [0.25, 0.3) is 0 Å². The van der Waals surface area contributed by atoms with Crippen LogP contribution in [0.4, 0.5) is 11.4 Å². The number of hydrogen-bond acceptors (Lipinski definition) is 4. The van der Waals surface area contributed by atoms with Crippen molar-refractivity contribution < 1.29 is 9.53 Å². The highest BCUT2D eigenvalue weighted by atomic mass is 35.5. The van der Waals surface area contributed by atoms with Crippen LogP contribution >= 0.6 is 23.8 Å². The first-order valence-corrected chi connectivity index (χ1v) is 13.1. The Morgan fingerprint density at radius 2 is 2.03 bits per heavy atom. The van der Waals surface area contributed by atoms with Gasteiger partial charge in [-0.15, -0.1) is 0 Å². The van der Waals surface area contributed by atoms with Crippen LogP contribution in [0.2, 0.25) is 5.02 Å². The molecule has 1 saturated carbocycles. The number of nitrogens with zero attached hydrogens (tertiary/aromatic N) is 3. The van der Waals surface area contributed by atoms with Crippen LogP contribution in [-0.4, -0.2) is 34.3 Å². The highest BCUT2D eigenvalue weighted by molar-refractivity contribution is 7.80. The van der Waals surface area contributed by atoms with Crippen LogP contribution in [0, 0.1) is 0 Å². The number of methoxy groups -OCH3 is 1. The summed E-state index contributed by atoms with van der Waals surface area (Å²) in [7, 11) is 1.48. The van der Waals surface area contributed by atoms with E-state index in [2.05, 4.69) is 43.4 Å². The molecule has 1 aliphatic heterocycles. The molecule has 2 aromatic heterocycles. The Bertz CT molecular complexity index is 1230. The van der Waals surface area contributed by atoms with E-state index in [1.54, 1.807) is 6.07 Å². The van der Waals surface area contributed by atoms with Gasteiger partial charge in [0.1, 0.15) is 12.6 Å². The van der Waals surface area contributed by atoms with Gasteiger partial charge in [-0.05, 0) is 67.5 Å². The van der Waals surface area contributed by atoms with Gasteiger partial charge in [0, 0.05) is 36.9 Å². The maximum Gasteiger partial charge on any atom is 0.250 e. The van der Waals surface area contributed by atoms with E-state index in [0.29, 0.717) is 21.9 Å². The summed E-state index contributed by atoms with van der Waals surface area (Å²) in [5, 5.41) is 7.35. The van der Waals surface area contributed by atoms with Crippen LogP contribution in [0.5, 0.6) is 0 Å². The number of aromatic nitrogens is 2. The van der Waals surface area contributed by atoms with Crippen molar-refractivity contribution in [3.63, 3.8) is 0 Å². The SMILES string of the molecule is COCC(=O)Nc1ccc(N2C(=S)N[C@@H](c3ccccn3)[C@@H]2c2cccn2C2CCCCC2)cc1Cl. The van der Waals surface area contributed by atoms with E-state index in [-0.39, 0.29) is 24.6 Å². The van der Waals surface area contributed by atoms with Gasteiger partial charge < -0.3 is 24.8 Å². The third-order valence-electron chi connectivity index (χ3n) is 6.96. The zero-order valence-corrected chi connectivity index (χ0v) is 21.8. The summed E-state index contributed by atoms with van der Waals surface area (Å²) in [5.74, 6) is -0.260. The van der Waals surface area contributed by atoms with Crippen LogP contribution in [0.15, 0.2) is 60.9 Å². The third kappa shape index (κ3) is 4.98. The first-order valence-electron chi connectivity index (χ1n) is 12.3. The van der Waals surface area contributed by atoms with Gasteiger partial charge in [0.2, 0.25) is 5.91 Å². The Kier molecular flexibility index (Phi) is 7.55. The molecule has 36 heavy (non-hydrogen) atoms. The molecule has 1 saturated heterocycles. The van der Waals surface area contributed by atoms with Crippen molar-refractivity contribution in [2.75, 3.05) is 23.9 Å². The van der Waals surface area contributed by atoms with E-state index < -0.39 is 0 Å². The standard InChI is InChI=1S/C27H30ClN5O2S/c1-35-17-24(34)30-21-13-12-19(16-20(21)28)33-26(25(31-27(33)36)22-10-5-6-14-29-22)23-11-7-15-32(23)18-8-3-2-4-9-18/h5-7,10-16,18,25-26H,2-4,8-9,17H2,1H3,(H,30,34)(H,31,36)/t25-,26-/m0/s1. The monoisotopic (exact) mass is 523 g/mol. The number of benzene rings is 1. The molecule has 2 aliphatic rings. The maximum atomic E-state index is 12.0. The summed E-state index contributed by atoms with van der Waals surface area (Å²) in [4.78, 5) is 18.8. The molecule has 0 unspecified atom stereocenters. The summed E-state index contributed by atoms with van der Waals surface area (Å²) in [6.45, 7) is -0.0375. The molecule has 3 aromatic rings. The number of carbonyl (C=O) groups excluding carboxylic acids is 1. The minimum absolute atomic E-state index is 0.0375. The highest BCUT2D eigenvalue weighted by Crippen LogP contribution is 2.44. The van der Waals surface area contributed by atoms with E-state index in [1.165, 1.54) is 44.9 Å². The number of hydrogen-bond donors (Lipinski definition) is 2. The van der Waals surface area contributed by atoms with Gasteiger partial charge in [0.05, 0.1) is 22.4 Å². The average Bonchev–Trinajstić information content (AvgIpc) is 3.51. The molecular weight excluding hydrogens is 494 g/mol. The molecule has 5 rings (SSSR count). The van der Waals surface area contributed by atoms with Crippen molar-refractivity contribution in [2.24, 2.45) is 0 Å². The van der Waals surface area contributed by atoms with Crippen molar-refractivity contribution in [3.8, 4) is 0 Å². The van der Waals surface area contributed by atoms with Gasteiger partial charge in [-0.2, -0.15) is 0 Å². The van der Waals surface area contributed by atoms with Crippen LogP contribution < -0.4 is 15.5 Å². The minimum atomic E-state index is -0.260. The summed E-state index contributed by atoms with van der Waals surface area (Å²) < 4.78 is 7.34. The number of rotatable bonds is 7. The Labute approximate surface area is 221 Å². The molecule has 2 atom stereocenters. The van der Waals surface area contributed by atoms with Gasteiger partial charge in [0.25, 0.3) is 0 Å². The normalized spacial score (nSPS) is 20.4. The van der Waals surface area contributed by atoms with E-state index in [9.17, 15) is 4.79 Å². The number of halogens is 1. The van der Waals surface area contributed by atoms with Crippen molar-refractivity contribution >= 4 is 46.2 Å². The Morgan fingerprint density at radius 3 is 2.75 bits per heavy atom. The van der Waals surface area contributed by atoms with Crippen molar-refractivity contribution in [3.05, 3.63) is 77.3 Å². The number of anilines is 2. The van der Waals surface area contributed by atoms with E-state index >= 15 is 0 Å². The fraction of sp³-hybridized carbons (Fsp3) is 0.370. The lowest BCUT2D eigenvalue weighted by Crippen LogP contribution is -2.31. The number of ether oxygens (including phenoxy) is 1. The number of pyridine rings is 1. The molecule has 9 heteroatoms. The maximum absolute atomic E-state index is 12.0. The van der Waals surface area contributed by atoms with E-state index in [1.807, 2.05) is 36.5 Å². The zero-order valence-electron chi connectivity index (χ0n) is 20.2. The summed E-state index contributed by atoms with van der Waals surface area (Å²) in [6, 6.07) is 16.1. The van der Waals surface area contributed by atoms with Crippen molar-refractivity contribution in [1.29, 1.82) is 0 Å². The third-order valence-corrected chi connectivity index (χ3v) is 7.59. The molecule has 1 aliphatic carbocycles. The molecule has 0 spiro atoms. The van der Waals surface area contributed by atoms with Gasteiger partial charge in [-0.1, -0.05) is 36.9 Å². The van der Waals surface area contributed by atoms with Gasteiger partial charge in [-0.3, -0.25) is 9.78 Å². The molecule has 3 heterocycles. The fourth-order valence-electron chi connectivity index (χ4n) is 5.36.